The third-order valence-electron chi connectivity index (χ3n) is 4.72. The van der Waals surface area contributed by atoms with E-state index in [4.69, 9.17) is 4.99 Å². The molecule has 2 N–H and O–H groups in total. The summed E-state index contributed by atoms with van der Waals surface area (Å²) < 4.78 is 0. The summed E-state index contributed by atoms with van der Waals surface area (Å²) in [6.07, 6.45) is 12.0. The second kappa shape index (κ2) is 12.1. The Hall–Kier alpha value is -0.300. The van der Waals surface area contributed by atoms with Crippen molar-refractivity contribution in [3.8, 4) is 0 Å². The fourth-order valence-corrected chi connectivity index (χ4v) is 3.17. The number of aliphatic imine (C=N–C) groups is 1. The van der Waals surface area contributed by atoms with E-state index < -0.39 is 0 Å². The van der Waals surface area contributed by atoms with E-state index in [9.17, 15) is 0 Å². The Morgan fingerprint density at radius 1 is 1.17 bits per heavy atom. The fraction of sp³-hybridized carbons (Fsp3) is 0.833. The maximum Gasteiger partial charge on any atom is 0.191 e. The van der Waals surface area contributed by atoms with E-state index >= 15 is 0 Å². The Labute approximate surface area is 159 Å². The van der Waals surface area contributed by atoms with Gasteiger partial charge in [0.25, 0.3) is 0 Å². The molecule has 2 aliphatic rings. The first-order valence-corrected chi connectivity index (χ1v) is 9.20. The molecule has 5 heteroatoms. The number of guanidine groups is 1. The molecule has 1 heterocycles. The highest BCUT2D eigenvalue weighted by Gasteiger charge is 2.14. The van der Waals surface area contributed by atoms with E-state index in [1.807, 2.05) is 0 Å². The number of halogens is 1. The van der Waals surface area contributed by atoms with Crippen molar-refractivity contribution in [3.05, 3.63) is 12.2 Å². The van der Waals surface area contributed by atoms with Gasteiger partial charge in [0.15, 0.2) is 5.96 Å². The number of rotatable bonds is 7. The lowest BCUT2D eigenvalue weighted by Gasteiger charge is -2.30. The second-order valence-corrected chi connectivity index (χ2v) is 6.78. The molecule has 0 radical (unpaired) electrons. The molecule has 0 atom stereocenters. The predicted octanol–water partition coefficient (Wildman–Crippen LogP) is 3.39. The zero-order valence-corrected chi connectivity index (χ0v) is 17.2. The molecule has 4 nitrogen and oxygen atoms in total. The van der Waals surface area contributed by atoms with Gasteiger partial charge in [0, 0.05) is 19.1 Å². The van der Waals surface area contributed by atoms with Crippen LogP contribution in [0.1, 0.15) is 52.4 Å². The third-order valence-corrected chi connectivity index (χ3v) is 4.72. The first kappa shape index (κ1) is 20.7. The topological polar surface area (TPSA) is 39.7 Å². The van der Waals surface area contributed by atoms with E-state index in [0.29, 0.717) is 6.04 Å². The van der Waals surface area contributed by atoms with Crippen LogP contribution in [0.3, 0.4) is 0 Å². The number of hydrogen-bond donors (Lipinski definition) is 2. The fourth-order valence-electron chi connectivity index (χ4n) is 3.17. The normalized spacial score (nSPS) is 20.5. The molecule has 0 unspecified atom stereocenters. The van der Waals surface area contributed by atoms with E-state index in [1.165, 1.54) is 45.3 Å². The van der Waals surface area contributed by atoms with Crippen LogP contribution in [0.2, 0.25) is 0 Å². The lowest BCUT2D eigenvalue weighted by atomic mass is 9.99. The number of hydrogen-bond acceptors (Lipinski definition) is 2. The minimum atomic E-state index is 0. The van der Waals surface area contributed by atoms with Gasteiger partial charge in [0.1, 0.15) is 0 Å². The molecule has 0 amide bonds. The molecule has 23 heavy (non-hydrogen) atoms. The number of piperidine rings is 1. The first-order chi connectivity index (χ1) is 10.8. The molecule has 1 aliphatic heterocycles. The Bertz CT molecular complexity index is 354. The Balaban J connectivity index is 0.00000264. The summed E-state index contributed by atoms with van der Waals surface area (Å²) in [6.45, 7) is 10.2. The van der Waals surface area contributed by atoms with Gasteiger partial charge in [-0.2, -0.15) is 0 Å². The average Bonchev–Trinajstić information content (AvgIpc) is 3.02. The molecular formula is C18H35IN4. The van der Waals surface area contributed by atoms with Crippen molar-refractivity contribution in [2.24, 2.45) is 10.9 Å². The van der Waals surface area contributed by atoms with E-state index in [1.54, 1.807) is 0 Å². The van der Waals surface area contributed by atoms with Crippen LogP contribution in [0.4, 0.5) is 0 Å². The van der Waals surface area contributed by atoms with Crippen molar-refractivity contribution in [1.29, 1.82) is 0 Å². The van der Waals surface area contributed by atoms with Crippen molar-refractivity contribution in [1.82, 2.24) is 15.5 Å². The Morgan fingerprint density at radius 3 is 2.52 bits per heavy atom. The summed E-state index contributed by atoms with van der Waals surface area (Å²) in [4.78, 5) is 7.34. The van der Waals surface area contributed by atoms with Crippen molar-refractivity contribution in [2.45, 2.75) is 58.4 Å². The molecule has 1 saturated heterocycles. The molecule has 0 aromatic heterocycles. The number of likely N-dealkylation sites (tertiary alicyclic amines) is 1. The molecule has 134 valence electrons. The molecule has 0 spiro atoms. The van der Waals surface area contributed by atoms with Gasteiger partial charge in [0.2, 0.25) is 0 Å². The van der Waals surface area contributed by atoms with Gasteiger partial charge in [-0.25, -0.2) is 0 Å². The molecule has 0 saturated carbocycles. The monoisotopic (exact) mass is 434 g/mol. The Kier molecular flexibility index (Phi) is 10.9. The zero-order chi connectivity index (χ0) is 15.6. The quantitative estimate of drug-likeness (QED) is 0.212. The van der Waals surface area contributed by atoms with Gasteiger partial charge in [0.05, 0.1) is 0 Å². The largest absolute Gasteiger partial charge is 0.357 e. The standard InChI is InChI=1S/C18H34N4.HI/c1-3-19-18(21-17-8-4-5-9-17)20-12-6-7-13-22-14-10-16(2)11-15-22;/h4-5,16-17H,3,6-15H2,1-2H3,(H2,19,20,21);1H. The van der Waals surface area contributed by atoms with Gasteiger partial charge < -0.3 is 15.5 Å². The smallest absolute Gasteiger partial charge is 0.191 e. The molecule has 0 aromatic rings. The highest BCUT2D eigenvalue weighted by atomic mass is 127. The van der Waals surface area contributed by atoms with Crippen molar-refractivity contribution < 1.29 is 0 Å². The first-order valence-electron chi connectivity index (χ1n) is 9.20. The minimum absolute atomic E-state index is 0. The van der Waals surface area contributed by atoms with E-state index in [2.05, 4.69) is 41.5 Å². The van der Waals surface area contributed by atoms with Gasteiger partial charge in [-0.3, -0.25) is 4.99 Å². The molecule has 0 aromatic carbocycles. The predicted molar refractivity (Wildman–Crippen MR) is 111 cm³/mol. The summed E-state index contributed by atoms with van der Waals surface area (Å²) in [5.41, 5.74) is 0. The average molecular weight is 434 g/mol. The van der Waals surface area contributed by atoms with Crippen molar-refractivity contribution in [2.75, 3.05) is 32.7 Å². The number of nitrogens with zero attached hydrogens (tertiary/aromatic N) is 2. The number of unbranched alkanes of at least 4 members (excludes halogenated alkanes) is 1. The lowest BCUT2D eigenvalue weighted by molar-refractivity contribution is 0.190. The zero-order valence-electron chi connectivity index (χ0n) is 14.9. The van der Waals surface area contributed by atoms with Crippen LogP contribution in [0, 0.1) is 5.92 Å². The molecule has 2 rings (SSSR count). The van der Waals surface area contributed by atoms with Gasteiger partial charge in [-0.05, 0) is 71.0 Å². The molecule has 0 bridgehead atoms. The van der Waals surface area contributed by atoms with Crippen LogP contribution in [0.25, 0.3) is 0 Å². The molecular weight excluding hydrogens is 399 g/mol. The summed E-state index contributed by atoms with van der Waals surface area (Å²) in [7, 11) is 0. The van der Waals surface area contributed by atoms with E-state index in [0.717, 1.165) is 37.8 Å². The van der Waals surface area contributed by atoms with Crippen molar-refractivity contribution in [3.63, 3.8) is 0 Å². The van der Waals surface area contributed by atoms with Gasteiger partial charge >= 0.3 is 0 Å². The maximum atomic E-state index is 4.72. The summed E-state index contributed by atoms with van der Waals surface area (Å²) in [5, 5.41) is 6.88. The lowest BCUT2D eigenvalue weighted by Crippen LogP contribution is -2.42. The third kappa shape index (κ3) is 8.38. The van der Waals surface area contributed by atoms with Crippen LogP contribution in [-0.4, -0.2) is 49.6 Å². The highest BCUT2D eigenvalue weighted by Crippen LogP contribution is 2.16. The molecule has 1 aliphatic carbocycles. The van der Waals surface area contributed by atoms with Crippen LogP contribution in [0.15, 0.2) is 17.1 Å². The SMILES string of the molecule is CCNC(=NCCCCN1CCC(C)CC1)NC1CC=CC1.I. The number of nitrogens with one attached hydrogen (secondary N) is 2. The van der Waals surface area contributed by atoms with Crippen LogP contribution >= 0.6 is 24.0 Å². The summed E-state index contributed by atoms with van der Waals surface area (Å²) in [5.74, 6) is 1.92. The van der Waals surface area contributed by atoms with Crippen LogP contribution in [0.5, 0.6) is 0 Å². The Morgan fingerprint density at radius 2 is 1.87 bits per heavy atom. The van der Waals surface area contributed by atoms with Crippen LogP contribution in [-0.2, 0) is 0 Å². The minimum Gasteiger partial charge on any atom is -0.357 e. The molecule has 1 fully saturated rings. The summed E-state index contributed by atoms with van der Waals surface area (Å²) in [6, 6.07) is 0.535. The van der Waals surface area contributed by atoms with E-state index in [-0.39, 0.29) is 24.0 Å². The highest BCUT2D eigenvalue weighted by molar-refractivity contribution is 14.0. The summed E-state index contributed by atoms with van der Waals surface area (Å²) >= 11 is 0. The van der Waals surface area contributed by atoms with Gasteiger partial charge in [-0.15, -0.1) is 24.0 Å². The van der Waals surface area contributed by atoms with Crippen LogP contribution < -0.4 is 10.6 Å². The van der Waals surface area contributed by atoms with Crippen molar-refractivity contribution >= 4 is 29.9 Å². The second-order valence-electron chi connectivity index (χ2n) is 6.78. The van der Waals surface area contributed by atoms with Gasteiger partial charge in [-0.1, -0.05) is 19.1 Å². The maximum absolute atomic E-state index is 4.72.